The van der Waals surface area contributed by atoms with Crippen molar-refractivity contribution in [2.24, 2.45) is 0 Å². The van der Waals surface area contributed by atoms with Gasteiger partial charge in [0.05, 0.1) is 25.4 Å². The largest absolute Gasteiger partial charge is 0.494 e. The summed E-state index contributed by atoms with van der Waals surface area (Å²) in [5.41, 5.74) is 0.536. The van der Waals surface area contributed by atoms with Gasteiger partial charge in [-0.2, -0.15) is 4.68 Å². The number of ether oxygens (including phenoxy) is 2. The van der Waals surface area contributed by atoms with Gasteiger partial charge < -0.3 is 14.8 Å². The van der Waals surface area contributed by atoms with Crippen molar-refractivity contribution in [1.29, 1.82) is 0 Å². The number of methoxy groups -OCH3 is 2. The molecule has 1 aromatic heterocycles. The molecule has 7 nitrogen and oxygen atoms in total. The summed E-state index contributed by atoms with van der Waals surface area (Å²) in [4.78, 5) is 0. The zero-order valence-corrected chi connectivity index (χ0v) is 12.2. The third-order valence-electron chi connectivity index (χ3n) is 3.02. The van der Waals surface area contributed by atoms with Crippen LogP contribution in [0.1, 0.15) is 18.8 Å². The SMILES string of the molecule is COCCNC(C)c1nnnn1-c1ccc(OC)c(F)c1. The number of nitrogens with zero attached hydrogens (tertiary/aromatic N) is 4. The standard InChI is InChI=1S/C13H18FN5O2/c1-9(15-6-7-20-2)13-16-17-18-19(13)10-4-5-12(21-3)11(14)8-10/h4-5,8-9,15H,6-7H2,1-3H3. The Kier molecular flexibility index (Phi) is 5.18. The van der Waals surface area contributed by atoms with Crippen molar-refractivity contribution in [3.05, 3.63) is 29.8 Å². The molecule has 0 fully saturated rings. The lowest BCUT2D eigenvalue weighted by Crippen LogP contribution is -2.25. The summed E-state index contributed by atoms with van der Waals surface area (Å²) >= 11 is 0. The maximum Gasteiger partial charge on any atom is 0.173 e. The van der Waals surface area contributed by atoms with E-state index in [1.165, 1.54) is 17.9 Å². The molecular weight excluding hydrogens is 277 g/mol. The minimum atomic E-state index is -0.462. The molecule has 1 heterocycles. The first kappa shape index (κ1) is 15.3. The van der Waals surface area contributed by atoms with Crippen molar-refractivity contribution < 1.29 is 13.9 Å². The lowest BCUT2D eigenvalue weighted by Gasteiger charge is -2.13. The number of halogens is 1. The number of hydrogen-bond donors (Lipinski definition) is 1. The van der Waals surface area contributed by atoms with Crippen LogP contribution in [0.15, 0.2) is 18.2 Å². The van der Waals surface area contributed by atoms with Gasteiger partial charge in [-0.15, -0.1) is 5.10 Å². The van der Waals surface area contributed by atoms with E-state index in [0.29, 0.717) is 24.7 Å². The smallest absolute Gasteiger partial charge is 0.173 e. The van der Waals surface area contributed by atoms with E-state index in [2.05, 4.69) is 20.8 Å². The first-order chi connectivity index (χ1) is 10.2. The van der Waals surface area contributed by atoms with E-state index >= 15 is 0 Å². The third-order valence-corrected chi connectivity index (χ3v) is 3.02. The van der Waals surface area contributed by atoms with Crippen molar-refractivity contribution in [3.8, 4) is 11.4 Å². The van der Waals surface area contributed by atoms with E-state index in [1.807, 2.05) is 6.92 Å². The Morgan fingerprint density at radius 2 is 2.19 bits per heavy atom. The van der Waals surface area contributed by atoms with E-state index in [9.17, 15) is 4.39 Å². The molecule has 1 N–H and O–H groups in total. The Labute approximate surface area is 122 Å². The molecule has 0 saturated heterocycles. The number of nitrogens with one attached hydrogen (secondary N) is 1. The molecule has 0 spiro atoms. The van der Waals surface area contributed by atoms with Crippen LogP contribution in [0.4, 0.5) is 4.39 Å². The zero-order valence-electron chi connectivity index (χ0n) is 12.2. The second-order valence-electron chi connectivity index (χ2n) is 4.44. The molecule has 2 rings (SSSR count). The van der Waals surface area contributed by atoms with Crippen molar-refractivity contribution in [2.45, 2.75) is 13.0 Å². The van der Waals surface area contributed by atoms with Gasteiger partial charge in [0.2, 0.25) is 0 Å². The summed E-state index contributed by atoms with van der Waals surface area (Å²) in [6.45, 7) is 3.18. The maximum absolute atomic E-state index is 13.8. The van der Waals surface area contributed by atoms with Crippen LogP contribution in [0.3, 0.4) is 0 Å². The fourth-order valence-electron chi connectivity index (χ4n) is 1.90. The molecule has 2 aromatic rings. The van der Waals surface area contributed by atoms with Gasteiger partial charge in [0.15, 0.2) is 17.4 Å². The molecule has 1 unspecified atom stereocenters. The van der Waals surface area contributed by atoms with Crippen LogP contribution in [-0.2, 0) is 4.74 Å². The van der Waals surface area contributed by atoms with E-state index in [0.717, 1.165) is 0 Å². The third kappa shape index (κ3) is 3.53. The Morgan fingerprint density at radius 3 is 2.86 bits per heavy atom. The number of tetrazole rings is 1. The molecule has 8 heteroatoms. The second-order valence-corrected chi connectivity index (χ2v) is 4.44. The molecule has 0 bridgehead atoms. The molecular formula is C13H18FN5O2. The molecule has 0 amide bonds. The lowest BCUT2D eigenvalue weighted by atomic mass is 10.2. The fraction of sp³-hybridized carbons (Fsp3) is 0.462. The zero-order chi connectivity index (χ0) is 15.2. The Morgan fingerprint density at radius 1 is 1.38 bits per heavy atom. The van der Waals surface area contributed by atoms with Crippen LogP contribution in [-0.4, -0.2) is 47.6 Å². The van der Waals surface area contributed by atoms with Crippen LogP contribution in [0.2, 0.25) is 0 Å². The van der Waals surface area contributed by atoms with Crippen molar-refractivity contribution in [1.82, 2.24) is 25.5 Å². The fourth-order valence-corrected chi connectivity index (χ4v) is 1.90. The number of hydrogen-bond acceptors (Lipinski definition) is 6. The summed E-state index contributed by atoms with van der Waals surface area (Å²) in [6, 6.07) is 4.48. The summed E-state index contributed by atoms with van der Waals surface area (Å²) in [5.74, 6) is 0.312. The highest BCUT2D eigenvalue weighted by molar-refractivity contribution is 5.38. The highest BCUT2D eigenvalue weighted by Gasteiger charge is 2.16. The van der Waals surface area contributed by atoms with Gasteiger partial charge >= 0.3 is 0 Å². The average molecular weight is 295 g/mol. The van der Waals surface area contributed by atoms with Crippen molar-refractivity contribution in [3.63, 3.8) is 0 Å². The average Bonchev–Trinajstić information content (AvgIpc) is 2.96. The molecule has 1 atom stereocenters. The molecule has 21 heavy (non-hydrogen) atoms. The molecule has 0 saturated carbocycles. The predicted octanol–water partition coefficient (Wildman–Crippen LogP) is 1.11. The van der Waals surface area contributed by atoms with E-state index in [1.54, 1.807) is 19.2 Å². The maximum atomic E-state index is 13.8. The Balaban J connectivity index is 2.21. The minimum absolute atomic E-state index is 0.0969. The van der Waals surface area contributed by atoms with Crippen LogP contribution in [0.25, 0.3) is 5.69 Å². The Hall–Kier alpha value is -2.06. The molecule has 114 valence electrons. The number of benzene rings is 1. The Bertz CT molecular complexity index is 590. The highest BCUT2D eigenvalue weighted by atomic mass is 19.1. The van der Waals surface area contributed by atoms with Crippen molar-refractivity contribution >= 4 is 0 Å². The normalized spacial score (nSPS) is 12.4. The van der Waals surface area contributed by atoms with Gasteiger partial charge in [-0.3, -0.25) is 0 Å². The second kappa shape index (κ2) is 7.09. The first-order valence-electron chi connectivity index (χ1n) is 6.52. The van der Waals surface area contributed by atoms with Crippen LogP contribution < -0.4 is 10.1 Å². The lowest BCUT2D eigenvalue weighted by molar-refractivity contribution is 0.196. The summed E-state index contributed by atoms with van der Waals surface area (Å²) < 4.78 is 25.2. The molecule has 0 aliphatic carbocycles. The topological polar surface area (TPSA) is 74.1 Å². The number of rotatable bonds is 7. The summed E-state index contributed by atoms with van der Waals surface area (Å²) in [7, 11) is 3.05. The summed E-state index contributed by atoms with van der Waals surface area (Å²) in [5, 5.41) is 14.8. The van der Waals surface area contributed by atoms with Gasteiger partial charge in [0.1, 0.15) is 0 Å². The summed E-state index contributed by atoms with van der Waals surface area (Å²) in [6.07, 6.45) is 0. The number of aromatic nitrogens is 4. The van der Waals surface area contributed by atoms with Crippen LogP contribution >= 0.6 is 0 Å². The van der Waals surface area contributed by atoms with E-state index in [-0.39, 0.29) is 11.8 Å². The van der Waals surface area contributed by atoms with Crippen LogP contribution in [0.5, 0.6) is 5.75 Å². The molecule has 0 aliphatic heterocycles. The monoisotopic (exact) mass is 295 g/mol. The highest BCUT2D eigenvalue weighted by Crippen LogP contribution is 2.21. The van der Waals surface area contributed by atoms with Gasteiger partial charge in [0, 0.05) is 19.7 Å². The van der Waals surface area contributed by atoms with Gasteiger partial charge in [-0.25, -0.2) is 4.39 Å². The molecule has 1 aromatic carbocycles. The van der Waals surface area contributed by atoms with E-state index in [4.69, 9.17) is 9.47 Å². The minimum Gasteiger partial charge on any atom is -0.494 e. The van der Waals surface area contributed by atoms with Crippen molar-refractivity contribution in [2.75, 3.05) is 27.4 Å². The molecule has 0 aliphatic rings. The molecule has 0 radical (unpaired) electrons. The van der Waals surface area contributed by atoms with Gasteiger partial charge in [0.25, 0.3) is 0 Å². The van der Waals surface area contributed by atoms with Gasteiger partial charge in [-0.1, -0.05) is 0 Å². The van der Waals surface area contributed by atoms with Gasteiger partial charge in [-0.05, 0) is 29.5 Å². The predicted molar refractivity (Wildman–Crippen MR) is 74.0 cm³/mol. The van der Waals surface area contributed by atoms with Crippen LogP contribution in [0, 0.1) is 5.82 Å². The first-order valence-corrected chi connectivity index (χ1v) is 6.52. The quantitative estimate of drug-likeness (QED) is 0.771. The van der Waals surface area contributed by atoms with E-state index < -0.39 is 5.82 Å².